The van der Waals surface area contributed by atoms with E-state index in [1.165, 1.54) is 5.56 Å². The maximum Gasteiger partial charge on any atom is 0.260 e. The summed E-state index contributed by atoms with van der Waals surface area (Å²) in [5, 5.41) is 0.755. The number of ether oxygens (including phenoxy) is 1. The van der Waals surface area contributed by atoms with Crippen LogP contribution in [0.2, 0.25) is 10.0 Å². The zero-order valence-electron chi connectivity index (χ0n) is 13.8. The Morgan fingerprint density at radius 1 is 0.960 bits per heavy atom. The monoisotopic (exact) mass is 378 g/mol. The van der Waals surface area contributed by atoms with Gasteiger partial charge in [0.15, 0.2) is 6.61 Å². The Balaban J connectivity index is 1.46. The molecule has 0 bridgehead atoms. The highest BCUT2D eigenvalue weighted by Gasteiger charge is 2.21. The van der Waals surface area contributed by atoms with Gasteiger partial charge in [0.2, 0.25) is 0 Å². The summed E-state index contributed by atoms with van der Waals surface area (Å²) >= 11 is 12.0. The van der Waals surface area contributed by atoms with Crippen LogP contribution in [0.3, 0.4) is 0 Å². The lowest BCUT2D eigenvalue weighted by Gasteiger charge is -2.34. The maximum absolute atomic E-state index is 12.3. The lowest BCUT2D eigenvalue weighted by molar-refractivity contribution is -0.135. The van der Waals surface area contributed by atoms with Crippen molar-refractivity contribution in [2.45, 2.75) is 6.54 Å². The Hall–Kier alpha value is -1.75. The van der Waals surface area contributed by atoms with Crippen molar-refractivity contribution >= 4 is 29.1 Å². The fourth-order valence-corrected chi connectivity index (χ4v) is 3.17. The summed E-state index contributed by atoms with van der Waals surface area (Å²) in [6.07, 6.45) is 0. The highest BCUT2D eigenvalue weighted by Crippen LogP contribution is 2.31. The van der Waals surface area contributed by atoms with Crippen LogP contribution in [0.4, 0.5) is 0 Å². The van der Waals surface area contributed by atoms with Crippen molar-refractivity contribution < 1.29 is 9.53 Å². The predicted octanol–water partition coefficient (Wildman–Crippen LogP) is 3.72. The van der Waals surface area contributed by atoms with E-state index in [9.17, 15) is 4.79 Å². The van der Waals surface area contributed by atoms with Crippen LogP contribution in [0.1, 0.15) is 5.56 Å². The third kappa shape index (κ3) is 4.88. The molecule has 1 fully saturated rings. The molecule has 1 heterocycles. The first-order chi connectivity index (χ1) is 12.1. The van der Waals surface area contributed by atoms with Crippen molar-refractivity contribution in [2.75, 3.05) is 32.8 Å². The number of rotatable bonds is 5. The highest BCUT2D eigenvalue weighted by molar-refractivity contribution is 6.42. The summed E-state index contributed by atoms with van der Waals surface area (Å²) in [6, 6.07) is 15.5. The Bertz CT molecular complexity index is 717. The average Bonchev–Trinajstić information content (AvgIpc) is 2.64. The molecule has 1 aliphatic rings. The highest BCUT2D eigenvalue weighted by atomic mass is 35.5. The minimum atomic E-state index is -0.0320. The zero-order valence-corrected chi connectivity index (χ0v) is 15.3. The molecule has 0 spiro atoms. The Kier molecular flexibility index (Phi) is 6.19. The second-order valence-corrected chi connectivity index (χ2v) is 6.77. The first-order valence-electron chi connectivity index (χ1n) is 8.24. The normalized spacial score (nSPS) is 15.2. The molecule has 6 heteroatoms. The molecule has 0 radical (unpaired) electrons. The Labute approximate surface area is 157 Å². The molecule has 0 N–H and O–H groups in total. The number of halogens is 2. The lowest BCUT2D eigenvalue weighted by Crippen LogP contribution is -2.49. The smallest absolute Gasteiger partial charge is 0.260 e. The van der Waals surface area contributed by atoms with Crippen LogP contribution in [0.15, 0.2) is 48.5 Å². The van der Waals surface area contributed by atoms with E-state index in [0.717, 1.165) is 19.6 Å². The minimum absolute atomic E-state index is 0.0290. The molecule has 25 heavy (non-hydrogen) atoms. The predicted molar refractivity (Wildman–Crippen MR) is 100 cm³/mol. The molecule has 0 unspecified atom stereocenters. The molecule has 2 aromatic rings. The van der Waals surface area contributed by atoms with Crippen molar-refractivity contribution in [2.24, 2.45) is 0 Å². The third-order valence-electron chi connectivity index (χ3n) is 4.24. The molecular formula is C19H20Cl2N2O2. The van der Waals surface area contributed by atoms with E-state index in [0.29, 0.717) is 28.9 Å². The van der Waals surface area contributed by atoms with Gasteiger partial charge in [0, 0.05) is 32.7 Å². The summed E-state index contributed by atoms with van der Waals surface area (Å²) in [4.78, 5) is 16.5. The minimum Gasteiger partial charge on any atom is -0.482 e. The first-order valence-corrected chi connectivity index (χ1v) is 9.00. The topological polar surface area (TPSA) is 32.8 Å². The van der Waals surface area contributed by atoms with Crippen LogP contribution in [0, 0.1) is 0 Å². The van der Waals surface area contributed by atoms with Gasteiger partial charge in [-0.15, -0.1) is 0 Å². The molecule has 3 rings (SSSR count). The van der Waals surface area contributed by atoms with E-state index in [-0.39, 0.29) is 12.5 Å². The molecule has 2 aromatic carbocycles. The number of carbonyl (C=O) groups is 1. The molecular weight excluding hydrogens is 359 g/mol. The fourth-order valence-electron chi connectivity index (χ4n) is 2.82. The zero-order chi connectivity index (χ0) is 17.6. The second-order valence-electron chi connectivity index (χ2n) is 5.98. The molecule has 0 aromatic heterocycles. The van der Waals surface area contributed by atoms with Gasteiger partial charge < -0.3 is 9.64 Å². The Morgan fingerprint density at radius 2 is 1.68 bits per heavy atom. The summed E-state index contributed by atoms with van der Waals surface area (Å²) in [5.74, 6) is 0.403. The number of nitrogens with zero attached hydrogens (tertiary/aromatic N) is 2. The van der Waals surface area contributed by atoms with Crippen LogP contribution < -0.4 is 4.74 Å². The summed E-state index contributed by atoms with van der Waals surface area (Å²) in [6.45, 7) is 4.02. The fraction of sp³-hybridized carbons (Fsp3) is 0.316. The molecule has 132 valence electrons. The van der Waals surface area contributed by atoms with E-state index in [1.54, 1.807) is 18.2 Å². The summed E-state index contributed by atoms with van der Waals surface area (Å²) < 4.78 is 5.53. The van der Waals surface area contributed by atoms with Gasteiger partial charge in [-0.25, -0.2) is 0 Å². The summed E-state index contributed by atoms with van der Waals surface area (Å²) in [7, 11) is 0. The van der Waals surface area contributed by atoms with Crippen molar-refractivity contribution in [1.82, 2.24) is 9.80 Å². The van der Waals surface area contributed by atoms with Crippen molar-refractivity contribution in [3.63, 3.8) is 0 Å². The van der Waals surface area contributed by atoms with Crippen molar-refractivity contribution in [1.29, 1.82) is 0 Å². The van der Waals surface area contributed by atoms with Gasteiger partial charge in [0.05, 0.1) is 5.02 Å². The molecule has 4 nitrogen and oxygen atoms in total. The maximum atomic E-state index is 12.3. The van der Waals surface area contributed by atoms with Gasteiger partial charge in [-0.2, -0.15) is 0 Å². The number of piperazine rings is 1. The SMILES string of the molecule is O=C(COc1cccc(Cl)c1Cl)N1CCN(Cc2ccccc2)CC1. The lowest BCUT2D eigenvalue weighted by atomic mass is 10.2. The van der Waals surface area contributed by atoms with Gasteiger partial charge in [-0.05, 0) is 17.7 Å². The van der Waals surface area contributed by atoms with Gasteiger partial charge in [-0.3, -0.25) is 9.69 Å². The number of benzene rings is 2. The number of hydrogen-bond acceptors (Lipinski definition) is 3. The molecule has 0 atom stereocenters. The van der Waals surface area contributed by atoms with E-state index in [4.69, 9.17) is 27.9 Å². The number of hydrogen-bond donors (Lipinski definition) is 0. The standard InChI is InChI=1S/C19H20Cl2N2O2/c20-16-7-4-8-17(19(16)21)25-14-18(24)23-11-9-22(10-12-23)13-15-5-2-1-3-6-15/h1-8H,9-14H2. The number of carbonyl (C=O) groups excluding carboxylic acids is 1. The van der Waals surface area contributed by atoms with Crippen LogP contribution >= 0.6 is 23.2 Å². The molecule has 0 aliphatic carbocycles. The van der Waals surface area contributed by atoms with Gasteiger partial charge in [0.25, 0.3) is 5.91 Å². The van der Waals surface area contributed by atoms with Gasteiger partial charge in [0.1, 0.15) is 10.8 Å². The number of amides is 1. The third-order valence-corrected chi connectivity index (χ3v) is 5.04. The van der Waals surface area contributed by atoms with Crippen LogP contribution in [0.25, 0.3) is 0 Å². The Morgan fingerprint density at radius 3 is 2.40 bits per heavy atom. The average molecular weight is 379 g/mol. The van der Waals surface area contributed by atoms with E-state index in [1.807, 2.05) is 23.1 Å². The van der Waals surface area contributed by atoms with E-state index in [2.05, 4.69) is 17.0 Å². The van der Waals surface area contributed by atoms with E-state index >= 15 is 0 Å². The largest absolute Gasteiger partial charge is 0.482 e. The molecule has 1 amide bonds. The van der Waals surface area contributed by atoms with Crippen molar-refractivity contribution in [3.05, 3.63) is 64.1 Å². The molecule has 0 saturated carbocycles. The second kappa shape index (κ2) is 8.56. The van der Waals surface area contributed by atoms with Gasteiger partial charge >= 0.3 is 0 Å². The van der Waals surface area contributed by atoms with Crippen LogP contribution in [0.5, 0.6) is 5.75 Å². The van der Waals surface area contributed by atoms with Crippen LogP contribution in [-0.2, 0) is 11.3 Å². The van der Waals surface area contributed by atoms with Gasteiger partial charge in [-0.1, -0.05) is 59.6 Å². The van der Waals surface area contributed by atoms with Crippen LogP contribution in [-0.4, -0.2) is 48.5 Å². The molecule has 1 aliphatic heterocycles. The molecule has 1 saturated heterocycles. The first kappa shape index (κ1) is 18.1. The van der Waals surface area contributed by atoms with E-state index < -0.39 is 0 Å². The summed E-state index contributed by atoms with van der Waals surface area (Å²) in [5.41, 5.74) is 1.29. The van der Waals surface area contributed by atoms with Crippen molar-refractivity contribution in [3.8, 4) is 5.75 Å². The quantitative estimate of drug-likeness (QED) is 0.794.